The average Bonchev–Trinajstić information content (AvgIpc) is 2.65. The number of nitro benzene ring substituents is 1. The van der Waals surface area contributed by atoms with Crippen molar-refractivity contribution in [3.8, 4) is 0 Å². The first-order valence-electron chi connectivity index (χ1n) is 7.85. The maximum absolute atomic E-state index is 10.8. The van der Waals surface area contributed by atoms with Crippen molar-refractivity contribution in [3.63, 3.8) is 0 Å². The molecule has 0 radical (unpaired) electrons. The van der Waals surface area contributed by atoms with Gasteiger partial charge in [-0.15, -0.1) is 0 Å². The first-order chi connectivity index (χ1) is 10.1. The van der Waals surface area contributed by atoms with Gasteiger partial charge < -0.3 is 5.73 Å². The molecule has 2 N–H and O–H groups in total. The van der Waals surface area contributed by atoms with Crippen LogP contribution in [-0.2, 0) is 6.54 Å². The summed E-state index contributed by atoms with van der Waals surface area (Å²) in [5.41, 5.74) is 7.08. The molecule has 5 heteroatoms. The van der Waals surface area contributed by atoms with Crippen LogP contribution in [0.1, 0.15) is 44.6 Å². The van der Waals surface area contributed by atoms with Gasteiger partial charge >= 0.3 is 0 Å². The van der Waals surface area contributed by atoms with Gasteiger partial charge in [0, 0.05) is 12.6 Å². The minimum Gasteiger partial charge on any atom is -0.393 e. The molecule has 21 heavy (non-hydrogen) atoms. The molecule has 0 amide bonds. The van der Waals surface area contributed by atoms with E-state index in [-0.39, 0.29) is 11.4 Å². The summed E-state index contributed by atoms with van der Waals surface area (Å²) in [5, 5.41) is 10.8. The van der Waals surface area contributed by atoms with Crippen LogP contribution in [0.25, 0.3) is 0 Å². The van der Waals surface area contributed by atoms with E-state index in [1.165, 1.54) is 38.2 Å². The molecule has 1 saturated heterocycles. The molecule has 1 aromatic rings. The van der Waals surface area contributed by atoms with Gasteiger partial charge in [0.05, 0.1) is 4.92 Å². The Morgan fingerprint density at radius 1 is 1.38 bits per heavy atom. The molecule has 0 aromatic heterocycles. The lowest BCUT2D eigenvalue weighted by Gasteiger charge is -2.20. The summed E-state index contributed by atoms with van der Waals surface area (Å²) >= 11 is 0. The van der Waals surface area contributed by atoms with Gasteiger partial charge in [-0.1, -0.05) is 25.8 Å². The van der Waals surface area contributed by atoms with Gasteiger partial charge in [0.2, 0.25) is 0 Å². The van der Waals surface area contributed by atoms with Crippen LogP contribution in [-0.4, -0.2) is 22.9 Å². The van der Waals surface area contributed by atoms with Crippen molar-refractivity contribution in [1.29, 1.82) is 0 Å². The molecular weight excluding hydrogens is 266 g/mol. The van der Waals surface area contributed by atoms with Crippen molar-refractivity contribution < 1.29 is 4.92 Å². The lowest BCUT2D eigenvalue weighted by molar-refractivity contribution is -0.383. The van der Waals surface area contributed by atoms with Crippen molar-refractivity contribution in [2.24, 2.45) is 5.92 Å². The Labute approximate surface area is 126 Å². The zero-order chi connectivity index (χ0) is 15.2. The Bertz CT molecular complexity index is 490. The number of benzene rings is 1. The lowest BCUT2D eigenvalue weighted by atomic mass is 9.96. The Morgan fingerprint density at radius 3 is 2.86 bits per heavy atom. The third kappa shape index (κ3) is 4.43. The van der Waals surface area contributed by atoms with Crippen LogP contribution in [0.3, 0.4) is 0 Å². The summed E-state index contributed by atoms with van der Waals surface area (Å²) in [6.07, 6.45) is 6.43. The van der Waals surface area contributed by atoms with Crippen molar-refractivity contribution in [1.82, 2.24) is 4.90 Å². The number of hydrogen-bond acceptors (Lipinski definition) is 4. The van der Waals surface area contributed by atoms with Crippen molar-refractivity contribution in [2.45, 2.75) is 45.6 Å². The van der Waals surface area contributed by atoms with E-state index in [9.17, 15) is 10.1 Å². The summed E-state index contributed by atoms with van der Waals surface area (Å²) in [6, 6.07) is 5.08. The van der Waals surface area contributed by atoms with Gasteiger partial charge in [0.1, 0.15) is 5.69 Å². The molecule has 1 aliphatic heterocycles. The third-order valence-corrected chi connectivity index (χ3v) is 4.33. The third-order valence-electron chi connectivity index (χ3n) is 4.33. The minimum atomic E-state index is -0.430. The topological polar surface area (TPSA) is 72.4 Å². The maximum Gasteiger partial charge on any atom is 0.292 e. The molecule has 116 valence electrons. The summed E-state index contributed by atoms with van der Waals surface area (Å²) in [6.45, 7) is 5.31. The second-order valence-corrected chi connectivity index (χ2v) is 6.01. The zero-order valence-corrected chi connectivity index (χ0v) is 12.8. The second kappa shape index (κ2) is 7.41. The number of anilines is 1. The van der Waals surface area contributed by atoms with Crippen LogP contribution < -0.4 is 5.73 Å². The van der Waals surface area contributed by atoms with Crippen LogP contribution in [0.5, 0.6) is 0 Å². The number of rotatable bonds is 5. The molecule has 1 unspecified atom stereocenters. The van der Waals surface area contributed by atoms with Gasteiger partial charge in [-0.3, -0.25) is 15.0 Å². The Hall–Kier alpha value is -1.62. The monoisotopic (exact) mass is 291 g/mol. The highest BCUT2D eigenvalue weighted by Gasteiger charge is 2.17. The Morgan fingerprint density at radius 2 is 2.19 bits per heavy atom. The van der Waals surface area contributed by atoms with E-state index in [2.05, 4.69) is 11.8 Å². The van der Waals surface area contributed by atoms with Gasteiger partial charge in [-0.05, 0) is 49.9 Å². The van der Waals surface area contributed by atoms with Crippen LogP contribution in [0, 0.1) is 16.0 Å². The minimum absolute atomic E-state index is 0.00220. The van der Waals surface area contributed by atoms with Gasteiger partial charge in [0.15, 0.2) is 0 Å². The SMILES string of the molecule is CCCC1CCCN(Cc2ccc([N+](=O)[O-])c(N)c2)CC1. The number of nitrogen functional groups attached to an aromatic ring is 1. The molecule has 1 heterocycles. The highest BCUT2D eigenvalue weighted by atomic mass is 16.6. The predicted molar refractivity (Wildman–Crippen MR) is 85.0 cm³/mol. The van der Waals surface area contributed by atoms with E-state index in [0.717, 1.165) is 31.1 Å². The van der Waals surface area contributed by atoms with Crippen molar-refractivity contribution in [3.05, 3.63) is 33.9 Å². The van der Waals surface area contributed by atoms with Crippen LogP contribution in [0.15, 0.2) is 18.2 Å². The summed E-state index contributed by atoms with van der Waals surface area (Å²) < 4.78 is 0. The number of likely N-dealkylation sites (tertiary alicyclic amines) is 1. The second-order valence-electron chi connectivity index (χ2n) is 6.01. The van der Waals surface area contributed by atoms with E-state index in [0.29, 0.717) is 0 Å². The predicted octanol–water partition coefficient (Wildman–Crippen LogP) is 3.58. The number of nitrogens with zero attached hydrogens (tertiary/aromatic N) is 2. The first kappa shape index (κ1) is 15.8. The Kier molecular flexibility index (Phi) is 5.56. The fourth-order valence-electron chi connectivity index (χ4n) is 3.21. The molecule has 1 aliphatic rings. The molecule has 0 spiro atoms. The standard InChI is InChI=1S/C16H25N3O2/c1-2-4-13-5-3-9-18(10-8-13)12-14-6-7-16(19(20)21)15(17)11-14/h6-7,11,13H,2-5,8-10,12,17H2,1H3. The van der Waals surface area contributed by atoms with Crippen LogP contribution in [0.2, 0.25) is 0 Å². The molecule has 0 bridgehead atoms. The molecule has 1 aromatic carbocycles. The molecular formula is C16H25N3O2. The highest BCUT2D eigenvalue weighted by Crippen LogP contribution is 2.25. The molecule has 0 aliphatic carbocycles. The average molecular weight is 291 g/mol. The van der Waals surface area contributed by atoms with Crippen LogP contribution in [0.4, 0.5) is 11.4 Å². The molecule has 2 rings (SSSR count). The van der Waals surface area contributed by atoms with Crippen LogP contribution >= 0.6 is 0 Å². The summed E-state index contributed by atoms with van der Waals surface area (Å²) in [5.74, 6) is 0.863. The molecule has 5 nitrogen and oxygen atoms in total. The van der Waals surface area contributed by atoms with E-state index in [4.69, 9.17) is 5.73 Å². The maximum atomic E-state index is 10.8. The smallest absolute Gasteiger partial charge is 0.292 e. The fraction of sp³-hybridized carbons (Fsp3) is 0.625. The van der Waals surface area contributed by atoms with Gasteiger partial charge in [0.25, 0.3) is 5.69 Å². The lowest BCUT2D eigenvalue weighted by Crippen LogP contribution is -2.24. The fourth-order valence-corrected chi connectivity index (χ4v) is 3.21. The van der Waals surface area contributed by atoms with E-state index < -0.39 is 4.92 Å². The van der Waals surface area contributed by atoms with Crippen molar-refractivity contribution >= 4 is 11.4 Å². The normalized spacial score (nSPS) is 20.1. The quantitative estimate of drug-likeness (QED) is 0.511. The first-order valence-corrected chi connectivity index (χ1v) is 7.85. The summed E-state index contributed by atoms with van der Waals surface area (Å²) in [7, 11) is 0. The number of nitro groups is 1. The van der Waals surface area contributed by atoms with E-state index in [1.807, 2.05) is 6.07 Å². The van der Waals surface area contributed by atoms with Gasteiger partial charge in [-0.2, -0.15) is 0 Å². The largest absolute Gasteiger partial charge is 0.393 e. The highest BCUT2D eigenvalue weighted by molar-refractivity contribution is 5.59. The number of nitrogens with two attached hydrogens (primary N) is 1. The molecule has 1 atom stereocenters. The molecule has 1 fully saturated rings. The van der Waals surface area contributed by atoms with E-state index >= 15 is 0 Å². The summed E-state index contributed by atoms with van der Waals surface area (Å²) in [4.78, 5) is 12.8. The van der Waals surface area contributed by atoms with Gasteiger partial charge in [-0.25, -0.2) is 0 Å². The zero-order valence-electron chi connectivity index (χ0n) is 12.8. The molecule has 0 saturated carbocycles. The Balaban J connectivity index is 1.95. The number of hydrogen-bond donors (Lipinski definition) is 1. The van der Waals surface area contributed by atoms with Crippen molar-refractivity contribution in [2.75, 3.05) is 18.8 Å². The van der Waals surface area contributed by atoms with E-state index in [1.54, 1.807) is 6.07 Å².